The lowest BCUT2D eigenvalue weighted by molar-refractivity contribution is -0.135. The summed E-state index contributed by atoms with van der Waals surface area (Å²) in [5.74, 6) is -0.753. The molecule has 1 heterocycles. The van der Waals surface area contributed by atoms with E-state index < -0.39 is 5.97 Å². The molecule has 4 heteroatoms. The van der Waals surface area contributed by atoms with E-state index in [1.165, 1.54) is 32.7 Å². The first-order valence-corrected chi connectivity index (χ1v) is 9.03. The van der Waals surface area contributed by atoms with Crippen molar-refractivity contribution in [2.45, 2.75) is 5.25 Å². The average Bonchev–Trinajstić information content (AvgIpc) is 3.10. The number of carboxylic acids is 1. The molecule has 2 aromatic carbocycles. The lowest BCUT2D eigenvalue weighted by Gasteiger charge is -1.94. The molecule has 22 heavy (non-hydrogen) atoms. The third-order valence-electron chi connectivity index (χ3n) is 2.78. The van der Waals surface area contributed by atoms with Gasteiger partial charge in [-0.2, -0.15) is 0 Å². The minimum atomic E-state index is -0.753. The van der Waals surface area contributed by atoms with E-state index in [2.05, 4.69) is 36.4 Å². The van der Waals surface area contributed by atoms with E-state index in [1.807, 2.05) is 36.4 Å². The molecule has 112 valence electrons. The topological polar surface area (TPSA) is 37.3 Å². The van der Waals surface area contributed by atoms with Crippen LogP contribution in [0.5, 0.6) is 0 Å². The van der Waals surface area contributed by atoms with Gasteiger partial charge in [0.2, 0.25) is 0 Å². The van der Waals surface area contributed by atoms with Crippen LogP contribution >= 0.6 is 21.6 Å². The van der Waals surface area contributed by atoms with Gasteiger partial charge >= 0.3 is 5.97 Å². The lowest BCUT2D eigenvalue weighted by atomic mass is 10.1. The summed E-state index contributed by atoms with van der Waals surface area (Å²) in [5.41, 5.74) is 2.47. The van der Waals surface area contributed by atoms with E-state index in [0.717, 1.165) is 0 Å². The van der Waals surface area contributed by atoms with Gasteiger partial charge in [-0.05, 0) is 16.5 Å². The molecule has 1 N–H and O–H groups in total. The van der Waals surface area contributed by atoms with Gasteiger partial charge in [0.05, 0.1) is 0 Å². The predicted octanol–water partition coefficient (Wildman–Crippen LogP) is 5.21. The van der Waals surface area contributed by atoms with Crippen LogP contribution in [0.2, 0.25) is 0 Å². The van der Waals surface area contributed by atoms with Gasteiger partial charge in [0, 0.05) is 0 Å². The molecule has 0 saturated carbocycles. The number of aliphatic carboxylic acids is 1. The van der Waals surface area contributed by atoms with E-state index in [0.29, 0.717) is 0 Å². The van der Waals surface area contributed by atoms with Gasteiger partial charge in [-0.15, -0.1) is 0 Å². The fraction of sp³-hybridized carbons (Fsp3) is 0.0556. The Bertz CT molecular complexity index is 595. The highest BCUT2D eigenvalue weighted by Gasteiger charge is 2.17. The smallest absolute Gasteiger partial charge is 0.321 e. The predicted molar refractivity (Wildman–Crippen MR) is 97.6 cm³/mol. The molecule has 0 bridgehead atoms. The molecule has 0 aromatic heterocycles. The standard InChI is InChI=1S/C14H12.C4H4O2S2/c1-3-7-13(8-4-1)11-12-14-9-5-2-6-10-14;5-4(6)3-1-2-7-8-3/h1-12H;1-3H,(H,5,6). The summed E-state index contributed by atoms with van der Waals surface area (Å²) in [7, 11) is 2.82. The van der Waals surface area contributed by atoms with E-state index >= 15 is 0 Å². The van der Waals surface area contributed by atoms with E-state index in [1.54, 1.807) is 11.5 Å². The van der Waals surface area contributed by atoms with Crippen LogP contribution in [0.1, 0.15) is 11.1 Å². The van der Waals surface area contributed by atoms with Crippen molar-refractivity contribution in [3.05, 3.63) is 83.3 Å². The van der Waals surface area contributed by atoms with Gasteiger partial charge in [-0.1, -0.05) is 100 Å². The molecule has 2 aromatic rings. The molecule has 0 radical (unpaired) electrons. The van der Waals surface area contributed by atoms with Gasteiger partial charge in [0.15, 0.2) is 0 Å². The van der Waals surface area contributed by atoms with Crippen LogP contribution in [0.15, 0.2) is 72.1 Å². The van der Waals surface area contributed by atoms with Gasteiger partial charge in [0.25, 0.3) is 0 Å². The molecule has 1 atom stereocenters. The zero-order valence-corrected chi connectivity index (χ0v) is 13.5. The number of carboxylic acid groups (broad SMARTS) is 1. The first-order chi connectivity index (χ1) is 10.8. The summed E-state index contributed by atoms with van der Waals surface area (Å²) >= 11 is 0. The summed E-state index contributed by atoms with van der Waals surface area (Å²) in [5, 5.41) is 9.80. The number of hydrogen-bond donors (Lipinski definition) is 1. The Labute approximate surface area is 138 Å². The Morgan fingerprint density at radius 2 is 1.41 bits per heavy atom. The normalized spacial score (nSPS) is 16.3. The lowest BCUT2D eigenvalue weighted by Crippen LogP contribution is -2.09. The number of hydrogen-bond acceptors (Lipinski definition) is 3. The second-order valence-corrected chi connectivity index (χ2v) is 6.75. The fourth-order valence-corrected chi connectivity index (χ4v) is 3.58. The van der Waals surface area contributed by atoms with E-state index in [9.17, 15) is 4.79 Å². The number of carbonyl (C=O) groups is 1. The SMILES string of the molecule is C(=Cc1ccccc1)c1ccccc1.O=C(O)C1C=CSS1. The van der Waals surface area contributed by atoms with Crippen LogP contribution in [0.25, 0.3) is 12.2 Å². The molecule has 2 nitrogen and oxygen atoms in total. The van der Waals surface area contributed by atoms with Crippen molar-refractivity contribution in [1.82, 2.24) is 0 Å². The number of rotatable bonds is 3. The van der Waals surface area contributed by atoms with Crippen molar-refractivity contribution in [2.75, 3.05) is 0 Å². The highest BCUT2D eigenvalue weighted by Crippen LogP contribution is 2.35. The molecule has 0 saturated heterocycles. The molecule has 1 aliphatic heterocycles. The maximum Gasteiger partial charge on any atom is 0.321 e. The second-order valence-electron chi connectivity index (χ2n) is 4.43. The van der Waals surface area contributed by atoms with Crippen molar-refractivity contribution in [2.24, 2.45) is 0 Å². The quantitative estimate of drug-likeness (QED) is 0.620. The van der Waals surface area contributed by atoms with Crippen molar-refractivity contribution in [3.8, 4) is 0 Å². The first kappa shape index (κ1) is 16.5. The molecule has 0 fully saturated rings. The summed E-state index contributed by atoms with van der Waals surface area (Å²) < 4.78 is 0. The summed E-state index contributed by atoms with van der Waals surface area (Å²) in [6, 6.07) is 20.6. The van der Waals surface area contributed by atoms with Crippen LogP contribution in [0.4, 0.5) is 0 Å². The zero-order valence-electron chi connectivity index (χ0n) is 11.8. The Kier molecular flexibility index (Phi) is 6.87. The minimum absolute atomic E-state index is 0.319. The van der Waals surface area contributed by atoms with E-state index in [4.69, 9.17) is 5.11 Å². The van der Waals surface area contributed by atoms with Crippen LogP contribution in [0.3, 0.4) is 0 Å². The van der Waals surface area contributed by atoms with Crippen LogP contribution in [-0.2, 0) is 4.79 Å². The molecule has 1 unspecified atom stereocenters. The van der Waals surface area contributed by atoms with Crippen LogP contribution < -0.4 is 0 Å². The molecule has 3 rings (SSSR count). The Morgan fingerprint density at radius 1 is 0.909 bits per heavy atom. The third-order valence-corrected chi connectivity index (χ3v) is 5.01. The van der Waals surface area contributed by atoms with Crippen molar-refractivity contribution in [3.63, 3.8) is 0 Å². The monoisotopic (exact) mass is 328 g/mol. The largest absolute Gasteiger partial charge is 0.480 e. The Morgan fingerprint density at radius 3 is 1.73 bits per heavy atom. The van der Waals surface area contributed by atoms with Crippen LogP contribution in [-0.4, -0.2) is 16.3 Å². The molecular weight excluding hydrogens is 312 g/mol. The van der Waals surface area contributed by atoms with Crippen molar-refractivity contribution < 1.29 is 9.90 Å². The Hall–Kier alpha value is -1.91. The molecule has 0 aliphatic carbocycles. The maximum absolute atomic E-state index is 10.1. The summed E-state index contributed by atoms with van der Waals surface area (Å²) in [4.78, 5) is 10.1. The fourth-order valence-electron chi connectivity index (χ4n) is 1.67. The summed E-state index contributed by atoms with van der Waals surface area (Å²) in [6.07, 6.45) is 5.92. The van der Waals surface area contributed by atoms with Gasteiger partial charge in [-0.3, -0.25) is 4.79 Å². The summed E-state index contributed by atoms with van der Waals surface area (Å²) in [6.45, 7) is 0. The van der Waals surface area contributed by atoms with Gasteiger partial charge in [-0.25, -0.2) is 0 Å². The highest BCUT2D eigenvalue weighted by atomic mass is 33.1. The van der Waals surface area contributed by atoms with Crippen LogP contribution in [0, 0.1) is 0 Å². The van der Waals surface area contributed by atoms with Gasteiger partial charge in [0.1, 0.15) is 5.25 Å². The highest BCUT2D eigenvalue weighted by molar-refractivity contribution is 8.78. The van der Waals surface area contributed by atoms with E-state index in [-0.39, 0.29) is 5.25 Å². The minimum Gasteiger partial charge on any atom is -0.480 e. The molecule has 0 spiro atoms. The average molecular weight is 328 g/mol. The molecule has 0 amide bonds. The second kappa shape index (κ2) is 9.18. The van der Waals surface area contributed by atoms with Gasteiger partial charge < -0.3 is 5.11 Å². The Balaban J connectivity index is 0.000000188. The zero-order chi connectivity index (χ0) is 15.6. The first-order valence-electron chi connectivity index (χ1n) is 6.75. The molecular formula is C18H16O2S2. The third kappa shape index (κ3) is 5.84. The van der Waals surface area contributed by atoms with Crippen molar-refractivity contribution >= 4 is 39.7 Å². The molecule has 1 aliphatic rings. The maximum atomic E-state index is 10.1. The number of benzene rings is 2. The van der Waals surface area contributed by atoms with Crippen molar-refractivity contribution in [1.29, 1.82) is 0 Å².